The van der Waals surface area contributed by atoms with Crippen LogP contribution in [0.2, 0.25) is 0 Å². The molecular formula is C11H13Br2N5O3. The first kappa shape index (κ1) is 16.1. The smallest absolute Gasteiger partial charge is 0.381 e. The van der Waals surface area contributed by atoms with Crippen LogP contribution in [0.1, 0.15) is 11.6 Å². The Bertz CT molecular complexity index is 682. The zero-order chi connectivity index (χ0) is 15.7. The van der Waals surface area contributed by atoms with E-state index < -0.39 is 11.0 Å². The molecule has 0 bridgehead atoms. The number of aliphatic hydroxyl groups is 1. The predicted octanol–water partition coefficient (Wildman–Crippen LogP) is 2.19. The van der Waals surface area contributed by atoms with Gasteiger partial charge in [-0.1, -0.05) is 0 Å². The van der Waals surface area contributed by atoms with Crippen LogP contribution in [0.25, 0.3) is 0 Å². The van der Waals surface area contributed by atoms with Gasteiger partial charge in [-0.25, -0.2) is 4.98 Å². The number of rotatable bonds is 5. The fourth-order valence-electron chi connectivity index (χ4n) is 1.97. The third-order valence-corrected chi connectivity index (χ3v) is 4.90. The van der Waals surface area contributed by atoms with Gasteiger partial charge in [-0.3, -0.25) is 0 Å². The van der Waals surface area contributed by atoms with Gasteiger partial charge in [0.25, 0.3) is 0 Å². The van der Waals surface area contributed by atoms with Crippen molar-refractivity contribution in [3.8, 4) is 0 Å². The number of nitro groups is 1. The van der Waals surface area contributed by atoms with Crippen LogP contribution in [0.5, 0.6) is 0 Å². The van der Waals surface area contributed by atoms with Crippen LogP contribution in [0.15, 0.2) is 15.4 Å². The number of hydrogen-bond donors (Lipinski definition) is 1. The minimum absolute atomic E-state index is 0.217. The van der Waals surface area contributed by atoms with Crippen LogP contribution in [0.3, 0.4) is 0 Å². The molecule has 2 rings (SSSR count). The van der Waals surface area contributed by atoms with E-state index in [0.717, 1.165) is 10.4 Å². The molecule has 2 aromatic heterocycles. The van der Waals surface area contributed by atoms with E-state index >= 15 is 0 Å². The Balaban J connectivity index is 2.11. The monoisotopic (exact) mass is 421 g/mol. The van der Waals surface area contributed by atoms with E-state index in [0.29, 0.717) is 17.0 Å². The van der Waals surface area contributed by atoms with Crippen molar-refractivity contribution in [3.05, 3.63) is 37.2 Å². The van der Waals surface area contributed by atoms with Crippen LogP contribution < -0.4 is 0 Å². The Morgan fingerprint density at radius 3 is 2.48 bits per heavy atom. The van der Waals surface area contributed by atoms with E-state index in [4.69, 9.17) is 0 Å². The average molecular weight is 423 g/mol. The molecule has 10 heteroatoms. The lowest BCUT2D eigenvalue weighted by atomic mass is 10.3. The molecule has 1 N–H and O–H groups in total. The molecule has 0 fully saturated rings. The maximum atomic E-state index is 10.7. The molecule has 0 saturated heterocycles. The molecule has 2 heterocycles. The summed E-state index contributed by atoms with van der Waals surface area (Å²) in [5, 5.41) is 20.9. The number of hydrogen-bond acceptors (Lipinski definition) is 5. The predicted molar refractivity (Wildman–Crippen MR) is 82.0 cm³/mol. The zero-order valence-corrected chi connectivity index (χ0v) is 14.5. The molecule has 0 radical (unpaired) electrons. The van der Waals surface area contributed by atoms with Crippen LogP contribution in [-0.4, -0.2) is 35.2 Å². The maximum Gasteiger partial charge on any atom is 0.381 e. The number of aryl methyl sites for hydroxylation is 2. The second-order valence-electron chi connectivity index (χ2n) is 4.56. The largest absolute Gasteiger partial charge is 0.389 e. The molecule has 0 aromatic carbocycles. The van der Waals surface area contributed by atoms with E-state index in [-0.39, 0.29) is 12.4 Å². The van der Waals surface area contributed by atoms with Crippen molar-refractivity contribution in [1.29, 1.82) is 0 Å². The average Bonchev–Trinajstić information content (AvgIpc) is 2.86. The van der Waals surface area contributed by atoms with Gasteiger partial charge in [0.15, 0.2) is 0 Å². The van der Waals surface area contributed by atoms with Gasteiger partial charge < -0.3 is 24.4 Å². The number of aromatic nitrogens is 4. The second kappa shape index (κ2) is 6.24. The fourth-order valence-corrected chi connectivity index (χ4v) is 2.93. The molecule has 0 unspecified atom stereocenters. The molecule has 0 aliphatic heterocycles. The van der Waals surface area contributed by atoms with Crippen molar-refractivity contribution in [2.45, 2.75) is 33.0 Å². The number of aliphatic hydroxyl groups excluding tert-OH is 1. The molecule has 0 aliphatic carbocycles. The van der Waals surface area contributed by atoms with Gasteiger partial charge in [-0.2, -0.15) is 0 Å². The first-order valence-corrected chi connectivity index (χ1v) is 7.62. The fraction of sp³-hybridized carbons (Fsp3) is 0.455. The Morgan fingerprint density at radius 1 is 1.33 bits per heavy atom. The van der Waals surface area contributed by atoms with Gasteiger partial charge >= 0.3 is 5.82 Å². The van der Waals surface area contributed by atoms with Crippen LogP contribution in [0.4, 0.5) is 5.82 Å². The van der Waals surface area contributed by atoms with E-state index in [1.807, 2.05) is 11.5 Å². The summed E-state index contributed by atoms with van der Waals surface area (Å²) in [6, 6.07) is 0. The van der Waals surface area contributed by atoms with Crippen molar-refractivity contribution in [1.82, 2.24) is 19.1 Å². The van der Waals surface area contributed by atoms with Gasteiger partial charge in [0.05, 0.1) is 19.2 Å². The van der Waals surface area contributed by atoms with Crippen LogP contribution >= 0.6 is 31.9 Å². The third kappa shape index (κ3) is 3.50. The summed E-state index contributed by atoms with van der Waals surface area (Å²) < 4.78 is 4.79. The molecule has 8 nitrogen and oxygen atoms in total. The highest BCUT2D eigenvalue weighted by atomic mass is 79.9. The highest BCUT2D eigenvalue weighted by molar-refractivity contribution is 9.13. The molecule has 0 saturated carbocycles. The highest BCUT2D eigenvalue weighted by Crippen LogP contribution is 2.24. The molecule has 0 spiro atoms. The van der Waals surface area contributed by atoms with Gasteiger partial charge in [-0.05, 0) is 48.7 Å². The minimum Gasteiger partial charge on any atom is -0.389 e. The SMILES string of the molecule is Cc1nc([N+](=O)[O-])cn1C[C@H](O)Cn1c(C)nc(Br)c1Br. The Morgan fingerprint density at radius 2 is 2.00 bits per heavy atom. The quantitative estimate of drug-likeness (QED) is 0.588. The van der Waals surface area contributed by atoms with Crippen LogP contribution in [-0.2, 0) is 13.1 Å². The van der Waals surface area contributed by atoms with Gasteiger partial charge in [0.2, 0.25) is 5.82 Å². The lowest BCUT2D eigenvalue weighted by molar-refractivity contribution is -0.389. The minimum atomic E-state index is -0.728. The van der Waals surface area contributed by atoms with Crippen molar-refractivity contribution in [3.63, 3.8) is 0 Å². The van der Waals surface area contributed by atoms with Gasteiger partial charge in [0.1, 0.15) is 21.2 Å². The summed E-state index contributed by atoms with van der Waals surface area (Å²) in [5.74, 6) is 1.02. The first-order chi connectivity index (χ1) is 9.79. The molecular weight excluding hydrogens is 410 g/mol. The summed E-state index contributed by atoms with van der Waals surface area (Å²) in [7, 11) is 0. The van der Waals surface area contributed by atoms with Crippen LogP contribution in [0, 0.1) is 24.0 Å². The number of imidazole rings is 2. The molecule has 21 heavy (non-hydrogen) atoms. The van der Waals surface area contributed by atoms with E-state index in [9.17, 15) is 15.2 Å². The lowest BCUT2D eigenvalue weighted by Gasteiger charge is -2.14. The normalized spacial score (nSPS) is 12.6. The molecule has 0 aliphatic rings. The van der Waals surface area contributed by atoms with Crippen molar-refractivity contribution in [2.75, 3.05) is 0 Å². The van der Waals surface area contributed by atoms with Crippen molar-refractivity contribution >= 4 is 37.7 Å². The molecule has 114 valence electrons. The first-order valence-electron chi connectivity index (χ1n) is 6.04. The lowest BCUT2D eigenvalue weighted by Crippen LogP contribution is -2.23. The Hall–Kier alpha value is -1.26. The molecule has 1 atom stereocenters. The molecule has 2 aromatic rings. The standard InChI is InChI=1S/C11H13Br2N5O3/c1-6-14-9(18(20)21)5-16(6)3-8(19)4-17-7(2)15-10(12)11(17)13/h5,8,19H,3-4H2,1-2H3/t8-/m0/s1. The summed E-state index contributed by atoms with van der Waals surface area (Å²) in [6.45, 7) is 4.02. The van der Waals surface area contributed by atoms with E-state index in [2.05, 4.69) is 41.8 Å². The third-order valence-electron chi connectivity index (χ3n) is 3.01. The van der Waals surface area contributed by atoms with Gasteiger partial charge in [-0.15, -0.1) is 0 Å². The molecule has 0 amide bonds. The highest BCUT2D eigenvalue weighted by Gasteiger charge is 2.19. The van der Waals surface area contributed by atoms with Crippen molar-refractivity contribution < 1.29 is 10.0 Å². The maximum absolute atomic E-state index is 10.7. The summed E-state index contributed by atoms with van der Waals surface area (Å²) in [6.07, 6.45) is 0.596. The van der Waals surface area contributed by atoms with E-state index in [1.54, 1.807) is 11.5 Å². The summed E-state index contributed by atoms with van der Waals surface area (Å²) >= 11 is 6.69. The number of halogens is 2. The summed E-state index contributed by atoms with van der Waals surface area (Å²) in [5.41, 5.74) is 0. The second-order valence-corrected chi connectivity index (χ2v) is 6.06. The topological polar surface area (TPSA) is 99.0 Å². The number of nitrogens with zero attached hydrogens (tertiary/aromatic N) is 5. The zero-order valence-electron chi connectivity index (χ0n) is 11.3. The van der Waals surface area contributed by atoms with Crippen molar-refractivity contribution in [2.24, 2.45) is 0 Å². The van der Waals surface area contributed by atoms with Gasteiger partial charge in [0, 0.05) is 6.92 Å². The summed E-state index contributed by atoms with van der Waals surface area (Å²) in [4.78, 5) is 18.2. The van der Waals surface area contributed by atoms with E-state index in [1.165, 1.54) is 6.20 Å². The Labute approximate surface area is 137 Å². The Kier molecular flexibility index (Phi) is 4.79.